The van der Waals surface area contributed by atoms with Crippen molar-refractivity contribution in [1.82, 2.24) is 0 Å². The van der Waals surface area contributed by atoms with E-state index in [2.05, 4.69) is 148 Å². The number of furan rings is 1. The van der Waals surface area contributed by atoms with Gasteiger partial charge in [-0.15, -0.1) is 0 Å². The molecule has 0 spiro atoms. The van der Waals surface area contributed by atoms with Crippen molar-refractivity contribution in [3.63, 3.8) is 0 Å². The van der Waals surface area contributed by atoms with Crippen molar-refractivity contribution in [3.05, 3.63) is 229 Å². The van der Waals surface area contributed by atoms with Gasteiger partial charge in [-0.2, -0.15) is 13.2 Å². The van der Waals surface area contributed by atoms with Crippen LogP contribution >= 0.6 is 0 Å². The summed E-state index contributed by atoms with van der Waals surface area (Å²) < 4.78 is 51.3. The van der Waals surface area contributed by atoms with Crippen LogP contribution in [0.2, 0.25) is 0 Å². The van der Waals surface area contributed by atoms with Gasteiger partial charge in [-0.25, -0.2) is 0 Å². The van der Waals surface area contributed by atoms with E-state index in [4.69, 9.17) is 4.42 Å². The highest BCUT2D eigenvalue weighted by Crippen LogP contribution is 2.45. The molecule has 0 saturated heterocycles. The Balaban J connectivity index is 0.872. The number of fused-ring (bicyclic) bond motifs is 9. The van der Waals surface area contributed by atoms with Crippen LogP contribution in [0.1, 0.15) is 22.3 Å². The van der Waals surface area contributed by atoms with Crippen molar-refractivity contribution in [2.75, 3.05) is 0 Å². The maximum Gasteiger partial charge on any atom is 0.417 e. The average Bonchev–Trinajstić information content (AvgIpc) is 3.75. The second-order valence-corrected chi connectivity index (χ2v) is 18.0. The van der Waals surface area contributed by atoms with Crippen LogP contribution in [-0.2, 0) is 6.18 Å². The number of alkyl halides is 3. The SMILES string of the molecule is Cc1cc(C)c(-c2cccc(-c3ccc(-c4cccc5c4oc4ccccc45)c(C(F)(F)F)c3)c2)c(C)c1-c1ccc(-c2cccc(-c3ccc4c5ccccc5c5ccccc5c4c3)c2)cc1. The molecule has 1 aromatic heterocycles. The summed E-state index contributed by atoms with van der Waals surface area (Å²) in [6, 6.07) is 69.4. The molecule has 12 rings (SSSR count). The van der Waals surface area contributed by atoms with E-state index in [9.17, 15) is 0 Å². The zero-order valence-corrected chi connectivity index (χ0v) is 37.7. The van der Waals surface area contributed by atoms with Gasteiger partial charge in [0.15, 0.2) is 0 Å². The van der Waals surface area contributed by atoms with Gasteiger partial charge < -0.3 is 4.42 Å². The second kappa shape index (κ2) is 16.0. The Morgan fingerprint density at radius 2 is 0.779 bits per heavy atom. The van der Waals surface area contributed by atoms with Crippen LogP contribution in [0.5, 0.6) is 0 Å². The molecule has 0 saturated carbocycles. The van der Waals surface area contributed by atoms with Crippen molar-refractivity contribution in [3.8, 4) is 66.8 Å². The van der Waals surface area contributed by atoms with Crippen LogP contribution in [0, 0.1) is 20.8 Å². The van der Waals surface area contributed by atoms with Crippen LogP contribution in [0.4, 0.5) is 13.2 Å². The molecule has 0 radical (unpaired) electrons. The van der Waals surface area contributed by atoms with Crippen molar-refractivity contribution in [2.45, 2.75) is 26.9 Å². The van der Waals surface area contributed by atoms with E-state index in [0.29, 0.717) is 27.9 Å². The topological polar surface area (TPSA) is 13.1 Å². The van der Waals surface area contributed by atoms with E-state index >= 15 is 13.2 Å². The highest BCUT2D eigenvalue weighted by Gasteiger charge is 2.35. The zero-order chi connectivity index (χ0) is 46.3. The van der Waals surface area contributed by atoms with Gasteiger partial charge in [-0.3, -0.25) is 0 Å². The molecule has 0 unspecified atom stereocenters. The lowest BCUT2D eigenvalue weighted by Crippen LogP contribution is -2.07. The Morgan fingerprint density at radius 3 is 1.44 bits per heavy atom. The second-order valence-electron chi connectivity index (χ2n) is 18.0. The predicted octanol–water partition coefficient (Wildman–Crippen LogP) is 19.0. The number of hydrogen-bond acceptors (Lipinski definition) is 1. The molecule has 0 bridgehead atoms. The number of aryl methyl sites for hydroxylation is 2. The van der Waals surface area contributed by atoms with E-state index in [1.165, 1.54) is 43.9 Å². The standard InChI is InChI=1S/C64H43F3O/c1-38-33-39(2)62(48-16-11-15-45(35-48)47-30-32-54(59(37-47)64(65,66)67)56-22-12-23-57-55-21-8-9-24-60(55)68-63(56)57)40(3)61(38)42-27-25-41(26-28-42)43-13-10-14-44(34-43)46-29-31-53-51-19-5-4-17-49(51)50-18-6-7-20-52(50)58(53)36-46/h4-37H,1-3H3. The van der Waals surface area contributed by atoms with Gasteiger partial charge in [0.2, 0.25) is 0 Å². The first kappa shape index (κ1) is 41.2. The highest BCUT2D eigenvalue weighted by molar-refractivity contribution is 6.25. The molecule has 0 aliphatic carbocycles. The summed E-state index contributed by atoms with van der Waals surface area (Å²) in [6.07, 6.45) is -4.60. The summed E-state index contributed by atoms with van der Waals surface area (Å²) in [5.41, 5.74) is 14.3. The van der Waals surface area contributed by atoms with Crippen molar-refractivity contribution in [2.24, 2.45) is 0 Å². The van der Waals surface area contributed by atoms with E-state index < -0.39 is 11.7 Å². The normalized spacial score (nSPS) is 12.0. The fourth-order valence-electron chi connectivity index (χ4n) is 10.9. The minimum absolute atomic E-state index is 0.0864. The Morgan fingerprint density at radius 1 is 0.324 bits per heavy atom. The molecule has 0 N–H and O–H groups in total. The molecule has 12 aromatic rings. The number of rotatable bonds is 6. The lowest BCUT2D eigenvalue weighted by Gasteiger charge is -2.19. The molecular weight excluding hydrogens is 842 g/mol. The molecule has 0 amide bonds. The Kier molecular flexibility index (Phi) is 9.70. The van der Waals surface area contributed by atoms with Gasteiger partial charge >= 0.3 is 6.18 Å². The molecule has 0 aliphatic rings. The van der Waals surface area contributed by atoms with Gasteiger partial charge in [0.1, 0.15) is 11.2 Å². The third-order valence-corrected chi connectivity index (χ3v) is 13.9. The van der Waals surface area contributed by atoms with Gasteiger partial charge in [-0.05, 0) is 161 Å². The summed E-state index contributed by atoms with van der Waals surface area (Å²) in [5, 5.41) is 9.22. The van der Waals surface area contributed by atoms with Crippen LogP contribution < -0.4 is 0 Å². The van der Waals surface area contributed by atoms with Crippen molar-refractivity contribution >= 4 is 54.3 Å². The van der Waals surface area contributed by atoms with Gasteiger partial charge in [0, 0.05) is 16.3 Å². The fraction of sp³-hybridized carbons (Fsp3) is 0.0625. The van der Waals surface area contributed by atoms with Gasteiger partial charge in [-0.1, -0.05) is 176 Å². The van der Waals surface area contributed by atoms with Gasteiger partial charge in [0.05, 0.1) is 5.56 Å². The summed E-state index contributed by atoms with van der Waals surface area (Å²) in [4.78, 5) is 0. The number of halogens is 3. The Labute approximate surface area is 392 Å². The third-order valence-electron chi connectivity index (χ3n) is 13.9. The molecule has 1 heterocycles. The molecule has 4 heteroatoms. The maximum absolute atomic E-state index is 15.0. The smallest absolute Gasteiger partial charge is 0.417 e. The van der Waals surface area contributed by atoms with Crippen LogP contribution in [0.3, 0.4) is 0 Å². The third kappa shape index (κ3) is 6.86. The van der Waals surface area contributed by atoms with Crippen LogP contribution in [0.15, 0.2) is 211 Å². The molecular formula is C64H43F3O. The highest BCUT2D eigenvalue weighted by atomic mass is 19.4. The van der Waals surface area contributed by atoms with Crippen molar-refractivity contribution < 1.29 is 17.6 Å². The number of hydrogen-bond donors (Lipinski definition) is 0. The lowest BCUT2D eigenvalue weighted by molar-refractivity contribution is -0.137. The minimum Gasteiger partial charge on any atom is -0.455 e. The fourth-order valence-corrected chi connectivity index (χ4v) is 10.9. The summed E-state index contributed by atoms with van der Waals surface area (Å²) >= 11 is 0. The molecule has 0 aliphatic heterocycles. The number of benzene rings is 11. The molecule has 1 nitrogen and oxygen atoms in total. The summed E-state index contributed by atoms with van der Waals surface area (Å²) in [6.45, 7) is 6.41. The van der Waals surface area contributed by atoms with E-state index in [0.717, 1.165) is 66.4 Å². The number of para-hydroxylation sites is 2. The molecule has 11 aromatic carbocycles. The van der Waals surface area contributed by atoms with Crippen LogP contribution in [0.25, 0.3) is 121 Å². The molecule has 326 valence electrons. The quantitative estimate of drug-likeness (QED) is 0.152. The monoisotopic (exact) mass is 884 g/mol. The first-order valence-electron chi connectivity index (χ1n) is 23.0. The lowest BCUT2D eigenvalue weighted by atomic mass is 9.85. The Hall–Kier alpha value is -8.21. The largest absolute Gasteiger partial charge is 0.455 e. The first-order chi connectivity index (χ1) is 33.1. The molecule has 68 heavy (non-hydrogen) atoms. The minimum atomic E-state index is -4.60. The molecule has 0 atom stereocenters. The summed E-state index contributed by atoms with van der Waals surface area (Å²) in [7, 11) is 0. The predicted molar refractivity (Wildman–Crippen MR) is 278 cm³/mol. The zero-order valence-electron chi connectivity index (χ0n) is 37.7. The first-order valence-corrected chi connectivity index (χ1v) is 23.0. The van der Waals surface area contributed by atoms with Gasteiger partial charge in [0.25, 0.3) is 0 Å². The maximum atomic E-state index is 15.0. The van der Waals surface area contributed by atoms with E-state index in [1.54, 1.807) is 24.3 Å². The van der Waals surface area contributed by atoms with Crippen molar-refractivity contribution in [1.29, 1.82) is 0 Å². The summed E-state index contributed by atoms with van der Waals surface area (Å²) in [5.74, 6) is 0. The molecule has 0 fully saturated rings. The average molecular weight is 885 g/mol. The van der Waals surface area contributed by atoms with E-state index in [1.807, 2.05) is 48.5 Å². The van der Waals surface area contributed by atoms with Crippen LogP contribution in [-0.4, -0.2) is 0 Å². The van der Waals surface area contributed by atoms with E-state index in [-0.39, 0.29) is 5.56 Å². The Bertz CT molecular complexity index is 3950.